The van der Waals surface area contributed by atoms with E-state index in [-0.39, 0.29) is 11.9 Å². The maximum absolute atomic E-state index is 11.3. The summed E-state index contributed by atoms with van der Waals surface area (Å²) in [6.45, 7) is 7.16. The SMILES string of the molecule is CCC(N)c1ccc(N2CCN(C(C)=O)CC2)cc1. The van der Waals surface area contributed by atoms with Crippen molar-refractivity contribution in [2.24, 2.45) is 5.73 Å². The van der Waals surface area contributed by atoms with Crippen LogP contribution in [-0.2, 0) is 4.79 Å². The number of hydrogen-bond acceptors (Lipinski definition) is 3. The van der Waals surface area contributed by atoms with Gasteiger partial charge in [-0.3, -0.25) is 4.79 Å². The Morgan fingerprint density at radius 3 is 2.26 bits per heavy atom. The van der Waals surface area contributed by atoms with Gasteiger partial charge in [0.25, 0.3) is 0 Å². The highest BCUT2D eigenvalue weighted by molar-refractivity contribution is 5.73. The lowest BCUT2D eigenvalue weighted by Gasteiger charge is -2.35. The van der Waals surface area contributed by atoms with Crippen LogP contribution < -0.4 is 10.6 Å². The predicted molar refractivity (Wildman–Crippen MR) is 78.1 cm³/mol. The Kier molecular flexibility index (Phi) is 4.43. The van der Waals surface area contributed by atoms with Gasteiger partial charge in [0.1, 0.15) is 0 Å². The Morgan fingerprint density at radius 2 is 1.79 bits per heavy atom. The van der Waals surface area contributed by atoms with Gasteiger partial charge >= 0.3 is 0 Å². The number of anilines is 1. The third-order valence-electron chi connectivity index (χ3n) is 3.85. The summed E-state index contributed by atoms with van der Waals surface area (Å²) in [7, 11) is 0. The van der Waals surface area contributed by atoms with Gasteiger partial charge in [-0.1, -0.05) is 19.1 Å². The third kappa shape index (κ3) is 3.26. The molecule has 0 aliphatic carbocycles. The van der Waals surface area contributed by atoms with Crippen LogP contribution in [0.2, 0.25) is 0 Å². The van der Waals surface area contributed by atoms with Crippen LogP contribution in [-0.4, -0.2) is 37.0 Å². The van der Waals surface area contributed by atoms with Crippen LogP contribution in [0.3, 0.4) is 0 Å². The minimum atomic E-state index is 0.128. The second-order valence-corrected chi connectivity index (χ2v) is 5.10. The summed E-state index contributed by atoms with van der Waals surface area (Å²) < 4.78 is 0. The fourth-order valence-electron chi connectivity index (χ4n) is 2.45. The lowest BCUT2D eigenvalue weighted by molar-refractivity contribution is -0.129. The average Bonchev–Trinajstić information content (AvgIpc) is 2.46. The standard InChI is InChI=1S/C15H23N3O/c1-3-15(16)13-4-6-14(7-5-13)18-10-8-17(9-11-18)12(2)19/h4-7,15H,3,8-11,16H2,1-2H3. The molecule has 1 amide bonds. The first-order valence-corrected chi connectivity index (χ1v) is 6.97. The molecule has 0 bridgehead atoms. The quantitative estimate of drug-likeness (QED) is 0.902. The average molecular weight is 261 g/mol. The summed E-state index contributed by atoms with van der Waals surface area (Å²) in [5, 5.41) is 0. The van der Waals surface area contributed by atoms with E-state index in [1.165, 1.54) is 11.3 Å². The van der Waals surface area contributed by atoms with Gasteiger partial charge in [-0.15, -0.1) is 0 Å². The minimum Gasteiger partial charge on any atom is -0.368 e. The maximum Gasteiger partial charge on any atom is 0.219 e. The summed E-state index contributed by atoms with van der Waals surface area (Å²) in [6, 6.07) is 8.62. The van der Waals surface area contributed by atoms with Crippen LogP contribution >= 0.6 is 0 Å². The highest BCUT2D eigenvalue weighted by Gasteiger charge is 2.18. The molecule has 2 rings (SSSR count). The second kappa shape index (κ2) is 6.06. The molecule has 1 fully saturated rings. The zero-order valence-electron chi connectivity index (χ0n) is 11.8. The van der Waals surface area contributed by atoms with Crippen molar-refractivity contribution in [3.8, 4) is 0 Å². The molecular weight excluding hydrogens is 238 g/mol. The van der Waals surface area contributed by atoms with Crippen molar-refractivity contribution in [1.82, 2.24) is 4.90 Å². The minimum absolute atomic E-state index is 0.128. The highest BCUT2D eigenvalue weighted by atomic mass is 16.2. The Hall–Kier alpha value is -1.55. The van der Waals surface area contributed by atoms with Gasteiger partial charge in [0.15, 0.2) is 0 Å². The van der Waals surface area contributed by atoms with E-state index in [0.717, 1.165) is 32.6 Å². The fraction of sp³-hybridized carbons (Fsp3) is 0.533. The van der Waals surface area contributed by atoms with Crippen LogP contribution in [0, 0.1) is 0 Å². The Morgan fingerprint density at radius 1 is 1.21 bits per heavy atom. The largest absolute Gasteiger partial charge is 0.368 e. The first kappa shape index (κ1) is 13.9. The fourth-order valence-corrected chi connectivity index (χ4v) is 2.45. The Labute approximate surface area is 115 Å². The molecule has 1 unspecified atom stereocenters. The topological polar surface area (TPSA) is 49.6 Å². The summed E-state index contributed by atoms with van der Waals surface area (Å²) >= 11 is 0. The molecule has 4 nitrogen and oxygen atoms in total. The normalized spacial score (nSPS) is 17.4. The second-order valence-electron chi connectivity index (χ2n) is 5.10. The van der Waals surface area contributed by atoms with E-state index >= 15 is 0 Å². The van der Waals surface area contributed by atoms with E-state index < -0.39 is 0 Å². The number of rotatable bonds is 3. The van der Waals surface area contributed by atoms with Gasteiger partial charge in [-0.25, -0.2) is 0 Å². The zero-order valence-corrected chi connectivity index (χ0v) is 11.8. The number of carbonyl (C=O) groups is 1. The summed E-state index contributed by atoms with van der Waals surface area (Å²) in [4.78, 5) is 15.5. The van der Waals surface area contributed by atoms with E-state index in [9.17, 15) is 4.79 Å². The van der Waals surface area contributed by atoms with E-state index in [4.69, 9.17) is 5.73 Å². The van der Waals surface area contributed by atoms with E-state index in [0.29, 0.717) is 0 Å². The molecule has 1 aliphatic heterocycles. The molecule has 19 heavy (non-hydrogen) atoms. The number of hydrogen-bond donors (Lipinski definition) is 1. The number of benzene rings is 1. The molecule has 1 aromatic rings. The predicted octanol–water partition coefficient (Wildman–Crippen LogP) is 1.76. The van der Waals surface area contributed by atoms with Crippen LogP contribution in [0.4, 0.5) is 5.69 Å². The molecular formula is C15H23N3O. The lowest BCUT2D eigenvalue weighted by atomic mass is 10.0. The number of amides is 1. The van der Waals surface area contributed by atoms with Gasteiger partial charge in [0.2, 0.25) is 5.91 Å². The molecule has 1 heterocycles. The lowest BCUT2D eigenvalue weighted by Crippen LogP contribution is -2.48. The highest BCUT2D eigenvalue weighted by Crippen LogP contribution is 2.20. The Balaban J connectivity index is 1.98. The molecule has 2 N–H and O–H groups in total. The molecule has 0 radical (unpaired) electrons. The van der Waals surface area contributed by atoms with Crippen LogP contribution in [0.1, 0.15) is 31.9 Å². The molecule has 1 aromatic carbocycles. The zero-order chi connectivity index (χ0) is 13.8. The summed E-state index contributed by atoms with van der Waals surface area (Å²) in [5.74, 6) is 0.170. The summed E-state index contributed by atoms with van der Waals surface area (Å²) in [6.07, 6.45) is 0.955. The maximum atomic E-state index is 11.3. The third-order valence-corrected chi connectivity index (χ3v) is 3.85. The van der Waals surface area contributed by atoms with Crippen molar-refractivity contribution in [2.75, 3.05) is 31.1 Å². The molecule has 1 aliphatic rings. The molecule has 4 heteroatoms. The van der Waals surface area contributed by atoms with Crippen molar-refractivity contribution in [3.05, 3.63) is 29.8 Å². The van der Waals surface area contributed by atoms with Gasteiger partial charge in [-0.2, -0.15) is 0 Å². The van der Waals surface area contributed by atoms with Crippen molar-refractivity contribution < 1.29 is 4.79 Å². The summed E-state index contributed by atoms with van der Waals surface area (Å²) in [5.41, 5.74) is 8.42. The van der Waals surface area contributed by atoms with E-state index in [1.54, 1.807) is 6.92 Å². The van der Waals surface area contributed by atoms with Crippen LogP contribution in [0.25, 0.3) is 0 Å². The van der Waals surface area contributed by atoms with Gasteiger partial charge in [0, 0.05) is 44.8 Å². The number of nitrogens with two attached hydrogens (primary N) is 1. The van der Waals surface area contributed by atoms with E-state index in [2.05, 4.69) is 36.1 Å². The van der Waals surface area contributed by atoms with Crippen LogP contribution in [0.15, 0.2) is 24.3 Å². The van der Waals surface area contributed by atoms with Gasteiger partial charge in [0.05, 0.1) is 0 Å². The smallest absolute Gasteiger partial charge is 0.219 e. The molecule has 104 valence electrons. The molecule has 1 saturated heterocycles. The number of nitrogens with zero attached hydrogens (tertiary/aromatic N) is 2. The van der Waals surface area contributed by atoms with Crippen molar-refractivity contribution in [1.29, 1.82) is 0 Å². The van der Waals surface area contributed by atoms with Crippen molar-refractivity contribution in [2.45, 2.75) is 26.3 Å². The first-order chi connectivity index (χ1) is 9.11. The Bertz CT molecular complexity index is 422. The molecule has 0 saturated carbocycles. The number of piperazine rings is 1. The monoisotopic (exact) mass is 261 g/mol. The van der Waals surface area contributed by atoms with Crippen molar-refractivity contribution in [3.63, 3.8) is 0 Å². The van der Waals surface area contributed by atoms with Gasteiger partial charge < -0.3 is 15.5 Å². The van der Waals surface area contributed by atoms with Gasteiger partial charge in [-0.05, 0) is 24.1 Å². The molecule has 0 spiro atoms. The van der Waals surface area contributed by atoms with Crippen molar-refractivity contribution >= 4 is 11.6 Å². The van der Waals surface area contributed by atoms with E-state index in [1.807, 2.05) is 4.90 Å². The van der Waals surface area contributed by atoms with Crippen LogP contribution in [0.5, 0.6) is 0 Å². The molecule has 1 atom stereocenters. The molecule has 0 aromatic heterocycles. The first-order valence-electron chi connectivity index (χ1n) is 6.97. The number of carbonyl (C=O) groups excluding carboxylic acids is 1.